The van der Waals surface area contributed by atoms with Crippen molar-refractivity contribution >= 4 is 23.5 Å². The number of aryl methyl sites for hydroxylation is 2. The van der Waals surface area contributed by atoms with Gasteiger partial charge in [0.15, 0.2) is 6.23 Å². The summed E-state index contributed by atoms with van der Waals surface area (Å²) in [6.45, 7) is 2.51. The fourth-order valence-electron chi connectivity index (χ4n) is 4.78. The molecule has 0 aliphatic carbocycles. The van der Waals surface area contributed by atoms with Crippen LogP contribution in [0.5, 0.6) is 0 Å². The SMILES string of the molecule is Cc1cn([C@@H]2O[C@H](CNc3nc(Cl)nc(N[C@H]4C[C@H](n5cc(C)c(=O)[nH]c5=O)O[C@@H]4CO)n3)[C@@H](O)[C@H]2O)c(=O)[nH]c1=O. The molecule has 18 nitrogen and oxygen atoms in total. The lowest BCUT2D eigenvalue weighted by molar-refractivity contribution is -0.0364. The molecule has 3 aromatic heterocycles. The van der Waals surface area contributed by atoms with Crippen LogP contribution >= 0.6 is 11.6 Å². The molecule has 19 heteroatoms. The third-order valence-corrected chi connectivity index (χ3v) is 7.18. The van der Waals surface area contributed by atoms with Crippen LogP contribution < -0.4 is 33.1 Å². The predicted octanol–water partition coefficient (Wildman–Crippen LogP) is -2.67. The van der Waals surface area contributed by atoms with Crippen LogP contribution in [0.4, 0.5) is 11.9 Å². The van der Waals surface area contributed by atoms with Gasteiger partial charge in [-0.15, -0.1) is 0 Å². The first kappa shape index (κ1) is 29.5. The van der Waals surface area contributed by atoms with Gasteiger partial charge in [0.05, 0.1) is 12.6 Å². The van der Waals surface area contributed by atoms with Crippen LogP contribution in [-0.2, 0) is 9.47 Å². The minimum absolute atomic E-state index is 0.0104. The number of aromatic amines is 2. The highest BCUT2D eigenvalue weighted by Gasteiger charge is 2.44. The van der Waals surface area contributed by atoms with E-state index in [2.05, 4.69) is 35.6 Å². The Morgan fingerprint density at radius 1 is 0.929 bits per heavy atom. The summed E-state index contributed by atoms with van der Waals surface area (Å²) in [7, 11) is 0. The molecule has 0 bridgehead atoms. The van der Waals surface area contributed by atoms with E-state index in [1.807, 2.05) is 0 Å². The lowest BCUT2D eigenvalue weighted by Crippen LogP contribution is -2.38. The second-order valence-corrected chi connectivity index (χ2v) is 10.3. The molecule has 0 amide bonds. The van der Waals surface area contributed by atoms with Gasteiger partial charge in [0, 0.05) is 36.5 Å². The first-order chi connectivity index (χ1) is 19.9. The number of aromatic nitrogens is 7. The number of nitrogens with zero attached hydrogens (tertiary/aromatic N) is 5. The molecule has 0 aromatic carbocycles. The second kappa shape index (κ2) is 11.7. The Labute approximate surface area is 240 Å². The third kappa shape index (κ3) is 5.85. The highest BCUT2D eigenvalue weighted by molar-refractivity contribution is 6.28. The molecule has 226 valence electrons. The normalized spacial score (nSPS) is 27.3. The van der Waals surface area contributed by atoms with E-state index in [9.17, 15) is 34.5 Å². The number of nitrogens with one attached hydrogen (secondary N) is 4. The Hall–Kier alpha value is -3.94. The summed E-state index contributed by atoms with van der Waals surface area (Å²) in [6, 6.07) is -0.569. The quantitative estimate of drug-likeness (QED) is 0.138. The second-order valence-electron chi connectivity index (χ2n) is 9.93. The summed E-state index contributed by atoms with van der Waals surface area (Å²) in [6.07, 6.45) is -3.92. The summed E-state index contributed by atoms with van der Waals surface area (Å²) in [5, 5.41) is 36.6. The zero-order valence-corrected chi connectivity index (χ0v) is 23.0. The number of rotatable bonds is 8. The first-order valence-corrected chi connectivity index (χ1v) is 13.2. The van der Waals surface area contributed by atoms with Crippen molar-refractivity contribution in [2.24, 2.45) is 0 Å². The number of hydrogen-bond acceptors (Lipinski definition) is 14. The van der Waals surface area contributed by atoms with Crippen molar-refractivity contribution in [3.8, 4) is 0 Å². The van der Waals surface area contributed by atoms with Crippen molar-refractivity contribution in [2.45, 2.75) is 63.2 Å². The molecule has 5 heterocycles. The maximum absolute atomic E-state index is 12.3. The van der Waals surface area contributed by atoms with Crippen LogP contribution in [0.2, 0.25) is 5.28 Å². The van der Waals surface area contributed by atoms with Crippen LogP contribution in [0, 0.1) is 13.8 Å². The zero-order chi connectivity index (χ0) is 30.3. The molecule has 5 rings (SSSR count). The molecular weight excluding hydrogens is 582 g/mol. The van der Waals surface area contributed by atoms with Gasteiger partial charge < -0.3 is 35.4 Å². The monoisotopic (exact) mass is 609 g/mol. The van der Waals surface area contributed by atoms with E-state index in [0.717, 1.165) is 4.57 Å². The molecule has 2 fully saturated rings. The van der Waals surface area contributed by atoms with Crippen LogP contribution in [0.15, 0.2) is 31.6 Å². The number of aliphatic hydroxyl groups excluding tert-OH is 3. The van der Waals surface area contributed by atoms with Gasteiger partial charge in [-0.3, -0.25) is 28.7 Å². The summed E-state index contributed by atoms with van der Waals surface area (Å²) < 4.78 is 13.7. The lowest BCUT2D eigenvalue weighted by atomic mass is 10.1. The lowest BCUT2D eigenvalue weighted by Gasteiger charge is -2.18. The third-order valence-electron chi connectivity index (χ3n) is 7.01. The molecule has 2 aliphatic heterocycles. The average molecular weight is 610 g/mol. The van der Waals surface area contributed by atoms with E-state index >= 15 is 0 Å². The van der Waals surface area contributed by atoms with E-state index in [4.69, 9.17) is 21.1 Å². The number of halogens is 1. The summed E-state index contributed by atoms with van der Waals surface area (Å²) in [5.74, 6) is -0.0111. The van der Waals surface area contributed by atoms with Crippen LogP contribution in [0.3, 0.4) is 0 Å². The minimum Gasteiger partial charge on any atom is -0.394 e. The van der Waals surface area contributed by atoms with E-state index in [0.29, 0.717) is 5.56 Å². The topological polar surface area (TPSA) is 252 Å². The Kier molecular flexibility index (Phi) is 8.26. The van der Waals surface area contributed by atoms with Crippen LogP contribution in [0.25, 0.3) is 0 Å². The largest absolute Gasteiger partial charge is 0.394 e. The van der Waals surface area contributed by atoms with Gasteiger partial charge in [0.25, 0.3) is 11.1 Å². The Morgan fingerprint density at radius 2 is 1.55 bits per heavy atom. The fraction of sp³-hybridized carbons (Fsp3) is 0.522. The molecule has 7 atom stereocenters. The number of ether oxygens (including phenoxy) is 2. The molecular formula is C23H28ClN9O9. The molecule has 0 saturated carbocycles. The van der Waals surface area contributed by atoms with Crippen LogP contribution in [-0.4, -0.2) is 93.0 Å². The summed E-state index contributed by atoms with van der Waals surface area (Å²) >= 11 is 6.09. The first-order valence-electron chi connectivity index (χ1n) is 12.8. The predicted molar refractivity (Wildman–Crippen MR) is 144 cm³/mol. The van der Waals surface area contributed by atoms with E-state index in [1.165, 1.54) is 23.9 Å². The molecule has 0 unspecified atom stereocenters. The van der Waals surface area contributed by atoms with Crippen molar-refractivity contribution < 1.29 is 24.8 Å². The van der Waals surface area contributed by atoms with Gasteiger partial charge >= 0.3 is 11.4 Å². The number of H-pyrrole nitrogens is 2. The Bertz CT molecular complexity index is 1710. The molecule has 2 saturated heterocycles. The van der Waals surface area contributed by atoms with Crippen LogP contribution in [0.1, 0.15) is 30.0 Å². The smallest absolute Gasteiger partial charge is 0.330 e. The summed E-state index contributed by atoms with van der Waals surface area (Å²) in [4.78, 5) is 64.6. The van der Waals surface area contributed by atoms with Gasteiger partial charge in [-0.05, 0) is 25.4 Å². The van der Waals surface area contributed by atoms with Gasteiger partial charge in [-0.1, -0.05) is 0 Å². The van der Waals surface area contributed by atoms with Gasteiger partial charge in [-0.2, -0.15) is 15.0 Å². The maximum Gasteiger partial charge on any atom is 0.330 e. The highest BCUT2D eigenvalue weighted by atomic mass is 35.5. The maximum atomic E-state index is 12.3. The van der Waals surface area contributed by atoms with Gasteiger partial charge in [0.1, 0.15) is 30.6 Å². The average Bonchev–Trinajstić information content (AvgIpc) is 3.46. The van der Waals surface area contributed by atoms with E-state index in [1.54, 1.807) is 6.92 Å². The Balaban J connectivity index is 1.27. The van der Waals surface area contributed by atoms with E-state index in [-0.39, 0.29) is 35.7 Å². The molecule has 7 N–H and O–H groups in total. The molecule has 42 heavy (non-hydrogen) atoms. The van der Waals surface area contributed by atoms with Crippen molar-refractivity contribution in [1.82, 2.24) is 34.1 Å². The number of anilines is 2. The van der Waals surface area contributed by atoms with Gasteiger partial charge in [0.2, 0.25) is 17.2 Å². The van der Waals surface area contributed by atoms with E-state index < -0.39 is 72.0 Å². The van der Waals surface area contributed by atoms with Crippen molar-refractivity contribution in [3.05, 3.63) is 70.5 Å². The number of hydrogen-bond donors (Lipinski definition) is 7. The number of aliphatic hydroxyl groups is 3. The molecule has 0 spiro atoms. The van der Waals surface area contributed by atoms with Crippen molar-refractivity contribution in [3.63, 3.8) is 0 Å². The Morgan fingerprint density at radius 3 is 2.21 bits per heavy atom. The molecule has 2 aliphatic rings. The zero-order valence-electron chi connectivity index (χ0n) is 22.2. The fourth-order valence-corrected chi connectivity index (χ4v) is 4.94. The summed E-state index contributed by atoms with van der Waals surface area (Å²) in [5.41, 5.74) is -2.04. The standard InChI is InChI=1S/C23H28ClN9O9/c1-8-5-32(22(39)27-16(8)37)13-3-10(12(7-34)41-13)26-21-30-19(24)29-20(31-21)25-4-11-14(35)15(36)18(42-11)33-6-9(2)17(38)28-23(33)40/h5-6,10-15,18,34-36H,3-4,7H2,1-2H3,(H,27,37,39)(H,28,38,40)(H2,25,26,29,30,31)/t10-,11+,12+,13+,14+,15+,18+/m0/s1. The minimum atomic E-state index is -1.48. The van der Waals surface area contributed by atoms with Gasteiger partial charge in [-0.25, -0.2) is 9.59 Å². The molecule has 0 radical (unpaired) electrons. The van der Waals surface area contributed by atoms with Crippen molar-refractivity contribution in [2.75, 3.05) is 23.8 Å². The molecule has 3 aromatic rings. The highest BCUT2D eigenvalue weighted by Crippen LogP contribution is 2.30. The van der Waals surface area contributed by atoms with Crippen molar-refractivity contribution in [1.29, 1.82) is 0 Å².